The number of aliphatic hydroxyl groups is 3. The Balaban J connectivity index is 0.000000210. The minimum Gasteiger partial charge on any atom is -0.481 e. The molecular weight excluding hydrogens is 1720 g/mol. The van der Waals surface area contributed by atoms with E-state index in [1.165, 1.54) is 133 Å². The monoisotopic (exact) mass is 1910 g/mol. The van der Waals surface area contributed by atoms with Crippen molar-refractivity contribution in [3.8, 4) is 0 Å². The quantitative estimate of drug-likeness (QED) is 0.0275. The van der Waals surface area contributed by atoms with Gasteiger partial charge in [0, 0.05) is 53.8 Å². The predicted octanol–water partition coefficient (Wildman–Crippen LogP) is 31.1. The Labute approximate surface area is 794 Å². The van der Waals surface area contributed by atoms with E-state index in [4.69, 9.17) is 14.6 Å². The number of hydrogen-bond acceptors (Lipinski definition) is 9. The highest BCUT2D eigenvalue weighted by molar-refractivity contribution is 9.44. The fraction of sp³-hybridized carbons (Fsp3) is 0.750. The lowest BCUT2D eigenvalue weighted by atomic mass is 9.63. The number of carboxylic acid groups (broad SMARTS) is 2. The molecule has 5 N–H and O–H groups in total. The fourth-order valence-corrected chi connectivity index (χ4v) is 30.4. The second-order valence-electron chi connectivity index (χ2n) is 47.0. The van der Waals surface area contributed by atoms with Gasteiger partial charge in [-0.2, -0.15) is 0 Å². The molecule has 13 rings (SSSR count). The van der Waals surface area contributed by atoms with Crippen LogP contribution in [-0.4, -0.2) is 93.1 Å². The summed E-state index contributed by atoms with van der Waals surface area (Å²) in [5.41, 5.74) is 10.00. The molecule has 11 nitrogen and oxygen atoms in total. The van der Waals surface area contributed by atoms with Crippen molar-refractivity contribution in [3.05, 3.63) is 131 Å². The van der Waals surface area contributed by atoms with E-state index in [1.54, 1.807) is 22.3 Å². The molecule has 11 aliphatic rings. The van der Waals surface area contributed by atoms with Gasteiger partial charge < -0.3 is 34.5 Å². The van der Waals surface area contributed by atoms with Crippen molar-refractivity contribution in [2.75, 3.05) is 12.3 Å². The Morgan fingerprint density at radius 1 is 0.523 bits per heavy atom. The number of allylic oxidation sites excluding steroid dienone is 9. The van der Waals surface area contributed by atoms with Crippen molar-refractivity contribution in [1.29, 1.82) is 0 Å². The van der Waals surface area contributed by atoms with E-state index >= 15 is 0 Å². The number of rotatable bonds is 25. The number of aliphatic carboxylic acids is 2. The van der Waals surface area contributed by atoms with Crippen LogP contribution in [0.1, 0.15) is 395 Å². The summed E-state index contributed by atoms with van der Waals surface area (Å²) in [7, 11) is -2.02. The van der Waals surface area contributed by atoms with E-state index in [2.05, 4.69) is 178 Å². The number of aliphatic hydroxyl groups excluding tert-OH is 1. The number of carboxylic acids is 2. The first-order valence-corrected chi connectivity index (χ1v) is 61.0. The number of carbonyl (C=O) groups is 4. The first kappa shape index (κ1) is 112. The average Bonchev–Trinajstić information content (AvgIpc) is 1.67. The Hall–Kier alpha value is -3.21. The third-order valence-corrected chi connectivity index (χ3v) is 43.8. The number of carbonyl (C=O) groups excluding carboxylic acids is 2. The smallest absolute Gasteiger partial charge is 0.303 e. The van der Waals surface area contributed by atoms with E-state index in [9.17, 15) is 39.1 Å². The van der Waals surface area contributed by atoms with Gasteiger partial charge in [-0.25, -0.2) is 0 Å². The van der Waals surface area contributed by atoms with Crippen LogP contribution in [0, 0.1) is 85.8 Å². The van der Waals surface area contributed by atoms with Gasteiger partial charge in [-0.15, -0.1) is 0 Å². The summed E-state index contributed by atoms with van der Waals surface area (Å²) in [6.07, 6.45) is 58.8. The number of hydrogen-bond donors (Lipinski definition) is 5. The molecule has 18 atom stereocenters. The number of halogens is 1. The molecule has 0 heterocycles. The molecule has 11 fully saturated rings. The third-order valence-electron chi connectivity index (χ3n) is 33.8. The van der Waals surface area contributed by atoms with Gasteiger partial charge in [0.2, 0.25) is 0 Å². The molecule has 128 heavy (non-hydrogen) atoms. The van der Waals surface area contributed by atoms with E-state index < -0.39 is 38.6 Å². The predicted molar refractivity (Wildman–Crippen MR) is 554 cm³/mol. The van der Waals surface area contributed by atoms with Gasteiger partial charge in [-0.05, 0) is 337 Å². The number of benzene rings is 2. The van der Waals surface area contributed by atoms with Crippen molar-refractivity contribution >= 4 is 80.3 Å². The molecule has 16 heteroatoms. The second-order valence-corrected chi connectivity index (χ2v) is 62.7. The standard InChI is InChI=1S/C28H39O2PSi.C18H32O.C18H30O.C17H30O2.C16H26O2.C11H18O.C4H9BrO2P2/c1-22-20-24(21-27(23(22)2)30-32(6,7)28(3,4)5)18-19-31(29,25-14-10-8-11-15-25)26-16-12-9-13-17-26;1-14-8-7-13-18(4)15(10-11-16(14)18)9-5-6-12-17(2,3)19;1-17(2,3)12-6-5-8-14-10-11-15-16(19)9-7-13-18(14,15)4;1-16(2,19)11-5-4-7-13-9-10-14-15(18)8-6-12-17(13,14)3;1-12-6-5-11-16(2)13(9-10-14(12)16)7-3-4-8-15(17)18;1-8-4-3-7-11(2)9(8)5-6-10(11)12;5-9(8)3-1-2-4(6)7/h8-18,22,27H,2,19-21H2,1,3-7H3;9,14,16,19H,5-8,10-13H2,1-4H3;8,15H,5-7,9-13H2,1-4H3;7,14-15,18-19H,4-6,8-12H2,1-3H3;7,12,14H,3-6,8-11H2,1-2H3,(H,17,18);8-9H,3-7H2,1-2H3;1-3,8H2,(H,6,7)/b24-18-;15-9-;14-8-;2*13-7-;;/t22-,27-;14-,16-,18+;15-,18+;14-,15-,17+;12-,14-,16+;8-,9-,11-;/m100000./s1. The Kier molecular flexibility index (Phi) is 43.4. The van der Waals surface area contributed by atoms with Crippen LogP contribution in [-0.2, 0) is 28.2 Å². The lowest BCUT2D eigenvalue weighted by Crippen LogP contribution is -2.45. The molecule has 0 bridgehead atoms. The van der Waals surface area contributed by atoms with E-state index in [0.717, 1.165) is 175 Å². The largest absolute Gasteiger partial charge is 0.481 e. The molecule has 11 aliphatic carbocycles. The molecule has 2 aromatic rings. The lowest BCUT2D eigenvalue weighted by molar-refractivity contribution is -0.138. The summed E-state index contributed by atoms with van der Waals surface area (Å²) in [6, 6.07) is 19.9. The van der Waals surface area contributed by atoms with Crippen LogP contribution in [0.25, 0.3) is 0 Å². The van der Waals surface area contributed by atoms with Crippen molar-refractivity contribution in [2.45, 2.75) is 436 Å². The molecule has 0 radical (unpaired) electrons. The van der Waals surface area contributed by atoms with Crippen molar-refractivity contribution < 1.29 is 53.7 Å². The summed E-state index contributed by atoms with van der Waals surface area (Å²) >= 11 is 3.36. The van der Waals surface area contributed by atoms with Crippen LogP contribution >= 0.6 is 37.9 Å². The molecule has 0 aromatic heterocycles. The number of ketones is 2. The average molecular weight is 1910 g/mol. The minimum atomic E-state index is -2.74. The molecule has 0 amide bonds. The zero-order chi connectivity index (χ0) is 95.1. The van der Waals surface area contributed by atoms with E-state index in [0.29, 0.717) is 70.5 Å². The minimum absolute atomic E-state index is 0.0544. The SMILES string of the molecule is C=C1[C@H](C)C/C(=C/CP(=O)(c2ccccc2)c2ccccc2)C[C@H]1O[Si](C)(C)C(C)(C)C.CC(C)(C)CCC/C=C1/CC[C@H]2C(=O)CCC[C@]12C.CC(C)(O)CCC/C=C1/CC[C@H]2[C@@H](O)CCC[C@]12C.C[C@H]1CCC[C@]2(C)/C(=C\CCCC(=O)O)CC[C@@H]12.C[C@H]1CCC[C@]2(C)/C(=C\CCCC(C)(C)O)CC[C@@H]12.C[C@H]1CCC[C@]2(C)C(=O)CC[C@@H]12.O=C(O)CCCP(P)Br. The van der Waals surface area contributed by atoms with Crippen LogP contribution in [0.2, 0.25) is 18.1 Å². The van der Waals surface area contributed by atoms with Crippen LogP contribution in [0.3, 0.4) is 0 Å². The maximum absolute atomic E-state index is 14.4. The van der Waals surface area contributed by atoms with Crippen LogP contribution in [0.5, 0.6) is 0 Å². The van der Waals surface area contributed by atoms with Crippen LogP contribution in [0.15, 0.2) is 131 Å². The number of Topliss-reactive ketones (excluding diaryl/α,β-unsaturated/α-hetero) is 2. The van der Waals surface area contributed by atoms with Gasteiger partial charge in [-0.1, -0.05) is 292 Å². The zero-order valence-corrected chi connectivity index (χ0v) is 90.2. The highest BCUT2D eigenvalue weighted by atomic mass is 79.9. The van der Waals surface area contributed by atoms with Crippen LogP contribution in [0.4, 0.5) is 0 Å². The maximum Gasteiger partial charge on any atom is 0.303 e. The first-order valence-electron chi connectivity index (χ1n) is 51.1. The molecular formula is C112H184BrO11P3Si. The van der Waals surface area contributed by atoms with E-state index in [1.807, 2.05) is 88.4 Å². The molecule has 2 unspecified atom stereocenters. The molecule has 2 aromatic carbocycles. The summed E-state index contributed by atoms with van der Waals surface area (Å²) < 4.78 is 21.1. The Bertz CT molecular complexity index is 3950. The summed E-state index contributed by atoms with van der Waals surface area (Å²) in [4.78, 5) is 44.2. The van der Waals surface area contributed by atoms with Gasteiger partial charge >= 0.3 is 11.9 Å². The summed E-state index contributed by atoms with van der Waals surface area (Å²) in [6.45, 7) is 51.7. The maximum atomic E-state index is 14.4. The zero-order valence-electron chi connectivity index (χ0n) is 84.7. The third kappa shape index (κ3) is 32.2. The molecule has 0 spiro atoms. The molecule has 0 aliphatic heterocycles. The van der Waals surface area contributed by atoms with Gasteiger partial charge in [0.25, 0.3) is 0 Å². The highest BCUT2D eigenvalue weighted by Gasteiger charge is 2.53. The summed E-state index contributed by atoms with van der Waals surface area (Å²) in [5.74, 6) is 5.99. The van der Waals surface area contributed by atoms with Gasteiger partial charge in [0.15, 0.2) is 8.32 Å². The highest BCUT2D eigenvalue weighted by Crippen LogP contribution is 2.61. The normalized spacial score (nSPS) is 32.3. The fourth-order valence-electron chi connectivity index (χ4n) is 24.8. The van der Waals surface area contributed by atoms with Gasteiger partial charge in [0.1, 0.15) is 18.7 Å². The molecule has 724 valence electrons. The van der Waals surface area contributed by atoms with Crippen molar-refractivity contribution in [3.63, 3.8) is 0 Å². The van der Waals surface area contributed by atoms with Gasteiger partial charge in [0.05, 0.1) is 23.4 Å². The Morgan fingerprint density at radius 2 is 0.914 bits per heavy atom. The lowest BCUT2D eigenvalue weighted by Gasteiger charge is -2.42. The molecule has 11 saturated carbocycles. The number of unbranched alkanes of at least 4 members (excludes halogenated alkanes) is 4. The second kappa shape index (κ2) is 49.7. The van der Waals surface area contributed by atoms with Crippen molar-refractivity contribution in [2.24, 2.45) is 85.8 Å². The van der Waals surface area contributed by atoms with Gasteiger partial charge in [-0.3, -0.25) is 19.2 Å². The topological polar surface area (TPSA) is 196 Å². The Morgan fingerprint density at radius 3 is 1.35 bits per heavy atom. The molecule has 0 saturated heterocycles. The number of fused-ring (bicyclic) bond motifs is 5. The van der Waals surface area contributed by atoms with Crippen molar-refractivity contribution in [1.82, 2.24) is 0 Å². The van der Waals surface area contributed by atoms with Crippen LogP contribution < -0.4 is 10.6 Å². The summed E-state index contributed by atoms with van der Waals surface area (Å²) in [5, 5.41) is 48.5. The first-order chi connectivity index (χ1) is 59.7. The van der Waals surface area contributed by atoms with E-state index in [-0.39, 0.29) is 39.8 Å².